The maximum absolute atomic E-state index is 11.9. The summed E-state index contributed by atoms with van der Waals surface area (Å²) in [5.41, 5.74) is 2.28. The highest BCUT2D eigenvalue weighted by Crippen LogP contribution is 2.26. The van der Waals surface area contributed by atoms with Crippen LogP contribution >= 0.6 is 23.1 Å². The molecule has 23 heavy (non-hydrogen) atoms. The van der Waals surface area contributed by atoms with E-state index >= 15 is 0 Å². The Hall–Kier alpha value is -2.12. The van der Waals surface area contributed by atoms with E-state index in [9.17, 15) is 4.79 Å². The van der Waals surface area contributed by atoms with E-state index < -0.39 is 0 Å². The van der Waals surface area contributed by atoms with Gasteiger partial charge in [0.1, 0.15) is 0 Å². The SMILES string of the molecule is Cc1ccccc1CNC(=O)CSc1nnc(-c2cccs2)o1. The van der Waals surface area contributed by atoms with Gasteiger partial charge in [-0.15, -0.1) is 21.5 Å². The molecule has 0 fully saturated rings. The lowest BCUT2D eigenvalue weighted by atomic mass is 10.1. The maximum Gasteiger partial charge on any atom is 0.277 e. The molecule has 3 rings (SSSR count). The van der Waals surface area contributed by atoms with E-state index in [0.717, 1.165) is 16.0 Å². The lowest BCUT2D eigenvalue weighted by Gasteiger charge is -2.06. The van der Waals surface area contributed by atoms with Gasteiger partial charge in [-0.2, -0.15) is 0 Å². The third kappa shape index (κ3) is 4.20. The summed E-state index contributed by atoms with van der Waals surface area (Å²) in [5, 5.41) is 13.2. The van der Waals surface area contributed by atoms with Crippen molar-refractivity contribution in [3.8, 4) is 10.8 Å². The molecule has 0 saturated carbocycles. The first-order valence-electron chi connectivity index (χ1n) is 7.04. The standard InChI is InChI=1S/C16H15N3O2S2/c1-11-5-2-3-6-12(11)9-17-14(20)10-23-16-19-18-15(21-16)13-7-4-8-22-13/h2-8H,9-10H2,1H3,(H,17,20). The Morgan fingerprint density at radius 1 is 1.26 bits per heavy atom. The Kier molecular flexibility index (Phi) is 5.09. The van der Waals surface area contributed by atoms with Crippen molar-refractivity contribution in [2.75, 3.05) is 5.75 Å². The smallest absolute Gasteiger partial charge is 0.277 e. The molecule has 7 heteroatoms. The van der Waals surface area contributed by atoms with Crippen LogP contribution in [0.15, 0.2) is 51.4 Å². The van der Waals surface area contributed by atoms with Gasteiger partial charge in [-0.25, -0.2) is 0 Å². The van der Waals surface area contributed by atoms with Crippen molar-refractivity contribution in [2.45, 2.75) is 18.7 Å². The number of nitrogens with one attached hydrogen (secondary N) is 1. The first kappa shape index (κ1) is 15.8. The van der Waals surface area contributed by atoms with Crippen molar-refractivity contribution in [1.29, 1.82) is 0 Å². The van der Waals surface area contributed by atoms with Gasteiger partial charge in [-0.3, -0.25) is 4.79 Å². The van der Waals surface area contributed by atoms with Crippen LogP contribution in [-0.2, 0) is 11.3 Å². The Morgan fingerprint density at radius 2 is 2.13 bits per heavy atom. The minimum absolute atomic E-state index is 0.0610. The summed E-state index contributed by atoms with van der Waals surface area (Å²) in [6.07, 6.45) is 0. The maximum atomic E-state index is 11.9. The molecule has 0 aliphatic rings. The number of carbonyl (C=O) groups excluding carboxylic acids is 1. The zero-order valence-corrected chi connectivity index (χ0v) is 14.1. The van der Waals surface area contributed by atoms with Crippen LogP contribution < -0.4 is 5.32 Å². The number of nitrogens with zero attached hydrogens (tertiary/aromatic N) is 2. The number of thiophene rings is 1. The molecule has 0 unspecified atom stereocenters. The molecule has 0 radical (unpaired) electrons. The van der Waals surface area contributed by atoms with E-state index in [-0.39, 0.29) is 11.7 Å². The summed E-state index contributed by atoms with van der Waals surface area (Å²) in [7, 11) is 0. The Morgan fingerprint density at radius 3 is 2.91 bits per heavy atom. The van der Waals surface area contributed by atoms with Gasteiger partial charge >= 0.3 is 0 Å². The van der Waals surface area contributed by atoms with E-state index in [4.69, 9.17) is 4.42 Å². The number of aryl methyl sites for hydroxylation is 1. The predicted molar refractivity (Wildman–Crippen MR) is 91.4 cm³/mol. The number of hydrogen-bond donors (Lipinski definition) is 1. The van der Waals surface area contributed by atoms with E-state index in [1.54, 1.807) is 0 Å². The average Bonchev–Trinajstić information content (AvgIpc) is 3.23. The number of rotatable bonds is 6. The highest BCUT2D eigenvalue weighted by atomic mass is 32.2. The van der Waals surface area contributed by atoms with Gasteiger partial charge in [0.2, 0.25) is 5.91 Å². The molecule has 1 N–H and O–H groups in total. The number of aromatic nitrogens is 2. The highest BCUT2D eigenvalue weighted by molar-refractivity contribution is 7.99. The third-order valence-electron chi connectivity index (χ3n) is 3.20. The molecular weight excluding hydrogens is 330 g/mol. The molecule has 118 valence electrons. The van der Waals surface area contributed by atoms with Crippen molar-refractivity contribution in [2.24, 2.45) is 0 Å². The van der Waals surface area contributed by atoms with E-state index in [2.05, 4.69) is 15.5 Å². The monoisotopic (exact) mass is 345 g/mol. The van der Waals surface area contributed by atoms with Crippen LogP contribution in [0.5, 0.6) is 0 Å². The summed E-state index contributed by atoms with van der Waals surface area (Å²) in [4.78, 5) is 12.8. The zero-order valence-electron chi connectivity index (χ0n) is 12.5. The molecule has 2 heterocycles. The van der Waals surface area contributed by atoms with Crippen molar-refractivity contribution >= 4 is 29.0 Å². The van der Waals surface area contributed by atoms with Gasteiger partial charge < -0.3 is 9.73 Å². The minimum Gasteiger partial charge on any atom is -0.410 e. The van der Waals surface area contributed by atoms with Crippen LogP contribution in [0.2, 0.25) is 0 Å². The van der Waals surface area contributed by atoms with Crippen LogP contribution in [0.3, 0.4) is 0 Å². The molecule has 0 bridgehead atoms. The zero-order chi connectivity index (χ0) is 16.1. The van der Waals surface area contributed by atoms with Crippen molar-refractivity contribution in [3.63, 3.8) is 0 Å². The summed E-state index contributed by atoms with van der Waals surface area (Å²) >= 11 is 2.77. The van der Waals surface area contributed by atoms with Crippen molar-refractivity contribution < 1.29 is 9.21 Å². The second kappa shape index (κ2) is 7.43. The topological polar surface area (TPSA) is 68.0 Å². The van der Waals surface area contributed by atoms with Crippen LogP contribution in [0.1, 0.15) is 11.1 Å². The second-order valence-corrected chi connectivity index (χ2v) is 6.72. The van der Waals surface area contributed by atoms with E-state index in [1.807, 2.05) is 48.7 Å². The van der Waals surface area contributed by atoms with Gasteiger partial charge in [0.25, 0.3) is 11.1 Å². The lowest BCUT2D eigenvalue weighted by Crippen LogP contribution is -2.24. The van der Waals surface area contributed by atoms with E-state index in [0.29, 0.717) is 17.7 Å². The van der Waals surface area contributed by atoms with Gasteiger partial charge in [0.15, 0.2) is 0 Å². The number of carbonyl (C=O) groups is 1. The van der Waals surface area contributed by atoms with Gasteiger partial charge in [0, 0.05) is 6.54 Å². The average molecular weight is 345 g/mol. The number of thioether (sulfide) groups is 1. The number of benzene rings is 1. The Labute approximate surface area is 142 Å². The number of hydrogen-bond acceptors (Lipinski definition) is 6. The molecule has 0 saturated heterocycles. The lowest BCUT2D eigenvalue weighted by molar-refractivity contribution is -0.118. The molecule has 3 aromatic rings. The number of amides is 1. The van der Waals surface area contributed by atoms with Crippen molar-refractivity contribution in [3.05, 3.63) is 52.9 Å². The highest BCUT2D eigenvalue weighted by Gasteiger charge is 2.11. The molecule has 0 aliphatic heterocycles. The molecule has 0 atom stereocenters. The van der Waals surface area contributed by atoms with Gasteiger partial charge in [0.05, 0.1) is 10.6 Å². The fourth-order valence-corrected chi connectivity index (χ4v) is 3.19. The molecular formula is C16H15N3O2S2. The molecule has 1 aromatic carbocycles. The first-order chi connectivity index (χ1) is 11.2. The Balaban J connectivity index is 1.49. The second-order valence-electron chi connectivity index (χ2n) is 4.84. The largest absolute Gasteiger partial charge is 0.410 e. The molecule has 1 amide bonds. The van der Waals surface area contributed by atoms with Crippen molar-refractivity contribution in [1.82, 2.24) is 15.5 Å². The normalized spacial score (nSPS) is 10.7. The molecule has 0 spiro atoms. The van der Waals surface area contributed by atoms with Gasteiger partial charge in [-0.1, -0.05) is 42.1 Å². The summed E-state index contributed by atoms with van der Waals surface area (Å²) in [6.45, 7) is 2.55. The Bertz CT molecular complexity index is 784. The third-order valence-corrected chi connectivity index (χ3v) is 4.88. The molecule has 5 nitrogen and oxygen atoms in total. The minimum atomic E-state index is -0.0610. The molecule has 2 aromatic heterocycles. The fourth-order valence-electron chi connectivity index (χ4n) is 1.95. The van der Waals surface area contributed by atoms with Crippen LogP contribution in [0.25, 0.3) is 10.8 Å². The van der Waals surface area contributed by atoms with Gasteiger partial charge in [-0.05, 0) is 29.5 Å². The predicted octanol–water partition coefficient (Wildman–Crippen LogP) is 3.52. The van der Waals surface area contributed by atoms with Crippen LogP contribution in [0, 0.1) is 6.92 Å². The summed E-state index contributed by atoms with van der Waals surface area (Å²) in [5.74, 6) is 0.676. The van der Waals surface area contributed by atoms with Crippen LogP contribution in [-0.4, -0.2) is 21.9 Å². The summed E-state index contributed by atoms with van der Waals surface area (Å²) in [6, 6.07) is 11.8. The fraction of sp³-hybridized carbons (Fsp3) is 0.188. The van der Waals surface area contributed by atoms with E-state index in [1.165, 1.54) is 23.1 Å². The first-order valence-corrected chi connectivity index (χ1v) is 8.90. The summed E-state index contributed by atoms with van der Waals surface area (Å²) < 4.78 is 5.53. The quantitative estimate of drug-likeness (QED) is 0.692. The molecule has 0 aliphatic carbocycles. The van der Waals surface area contributed by atoms with Crippen LogP contribution in [0.4, 0.5) is 0 Å².